The van der Waals surface area contributed by atoms with Crippen LogP contribution < -0.4 is 0 Å². The van der Waals surface area contributed by atoms with Gasteiger partial charge in [-0.2, -0.15) is 0 Å². The lowest BCUT2D eigenvalue weighted by molar-refractivity contribution is 0.137. The first-order chi connectivity index (χ1) is 7.86. The van der Waals surface area contributed by atoms with Crippen LogP contribution in [0.25, 0.3) is 0 Å². The van der Waals surface area contributed by atoms with E-state index in [0.717, 1.165) is 6.42 Å². The Kier molecular flexibility index (Phi) is 2.32. The molecule has 1 aromatic carbocycles. The number of allylic oxidation sites excluding steroid dienone is 4. The highest BCUT2D eigenvalue weighted by Gasteiger charge is 2.39. The van der Waals surface area contributed by atoms with Crippen molar-refractivity contribution in [2.45, 2.75) is 19.4 Å². The second-order valence-corrected chi connectivity index (χ2v) is 4.65. The maximum Gasteiger partial charge on any atom is 0.126 e. The van der Waals surface area contributed by atoms with Crippen molar-refractivity contribution in [1.82, 2.24) is 0 Å². The molecule has 1 saturated heterocycles. The summed E-state index contributed by atoms with van der Waals surface area (Å²) in [6.07, 6.45) is 7.81. The highest BCUT2D eigenvalue weighted by Crippen LogP contribution is 2.46. The first kappa shape index (κ1) is 9.71. The third-order valence-corrected chi connectivity index (χ3v) is 3.66. The van der Waals surface area contributed by atoms with Crippen molar-refractivity contribution in [1.29, 1.82) is 0 Å². The largest absolute Gasteiger partial charge is 0.489 e. The van der Waals surface area contributed by atoms with Crippen LogP contribution in [0, 0.1) is 11.8 Å². The van der Waals surface area contributed by atoms with Gasteiger partial charge in [0.1, 0.15) is 11.9 Å². The van der Waals surface area contributed by atoms with Gasteiger partial charge >= 0.3 is 0 Å². The van der Waals surface area contributed by atoms with E-state index in [0.29, 0.717) is 11.8 Å². The van der Waals surface area contributed by atoms with E-state index < -0.39 is 0 Å². The monoisotopic (exact) mass is 212 g/mol. The van der Waals surface area contributed by atoms with Gasteiger partial charge in [-0.1, -0.05) is 49.4 Å². The fourth-order valence-corrected chi connectivity index (χ4v) is 2.71. The van der Waals surface area contributed by atoms with Crippen LogP contribution in [0.3, 0.4) is 0 Å². The minimum atomic E-state index is 0.234. The van der Waals surface area contributed by atoms with Crippen molar-refractivity contribution in [3.63, 3.8) is 0 Å². The van der Waals surface area contributed by atoms with E-state index in [1.807, 2.05) is 0 Å². The van der Waals surface area contributed by atoms with E-state index in [2.05, 4.69) is 55.5 Å². The second kappa shape index (κ2) is 3.82. The summed E-state index contributed by atoms with van der Waals surface area (Å²) in [5.74, 6) is 2.32. The summed E-state index contributed by atoms with van der Waals surface area (Å²) in [5, 5.41) is 0. The zero-order chi connectivity index (χ0) is 11.0. The average molecular weight is 212 g/mol. The molecule has 0 aromatic heterocycles. The van der Waals surface area contributed by atoms with Crippen LogP contribution in [0.15, 0.2) is 54.3 Å². The Morgan fingerprint density at radius 2 is 2.00 bits per heavy atom. The van der Waals surface area contributed by atoms with Crippen LogP contribution in [0.5, 0.6) is 0 Å². The molecule has 3 unspecified atom stereocenters. The van der Waals surface area contributed by atoms with E-state index in [4.69, 9.17) is 4.74 Å². The van der Waals surface area contributed by atoms with Gasteiger partial charge in [-0.3, -0.25) is 0 Å². The molecule has 1 heteroatoms. The van der Waals surface area contributed by atoms with Crippen molar-refractivity contribution in [2.75, 3.05) is 0 Å². The predicted octanol–water partition coefficient (Wildman–Crippen LogP) is 3.85. The fraction of sp³-hybridized carbons (Fsp3) is 0.333. The molecule has 1 heterocycles. The first-order valence-corrected chi connectivity index (χ1v) is 5.94. The van der Waals surface area contributed by atoms with Crippen LogP contribution in [-0.4, -0.2) is 0 Å². The quantitative estimate of drug-likeness (QED) is 0.687. The normalized spacial score (nSPS) is 31.8. The standard InChI is InChI=1S/C15H16O/c1-11-13-9-5-6-10-14(13)16-15(11)12-7-3-2-4-8-12/h2-8,10-11,13,15H,9H2,1H3. The first-order valence-electron chi connectivity index (χ1n) is 5.94. The lowest BCUT2D eigenvalue weighted by atomic mass is 9.84. The Bertz CT molecular complexity index is 430. The lowest BCUT2D eigenvalue weighted by Gasteiger charge is -2.16. The number of hydrogen-bond acceptors (Lipinski definition) is 1. The molecule has 0 bridgehead atoms. The van der Waals surface area contributed by atoms with Crippen LogP contribution in [0.4, 0.5) is 0 Å². The van der Waals surface area contributed by atoms with Crippen molar-refractivity contribution in [3.8, 4) is 0 Å². The van der Waals surface area contributed by atoms with Crippen molar-refractivity contribution >= 4 is 0 Å². The van der Waals surface area contributed by atoms with Gasteiger partial charge < -0.3 is 4.74 Å². The van der Waals surface area contributed by atoms with Crippen molar-refractivity contribution < 1.29 is 4.74 Å². The Labute approximate surface area is 96.4 Å². The zero-order valence-electron chi connectivity index (χ0n) is 9.47. The van der Waals surface area contributed by atoms with E-state index in [1.54, 1.807) is 0 Å². The number of benzene rings is 1. The summed E-state index contributed by atoms with van der Waals surface area (Å²) in [6.45, 7) is 2.29. The maximum absolute atomic E-state index is 6.07. The molecule has 1 aliphatic carbocycles. The van der Waals surface area contributed by atoms with Crippen LogP contribution in [0.2, 0.25) is 0 Å². The van der Waals surface area contributed by atoms with Crippen molar-refractivity contribution in [2.24, 2.45) is 11.8 Å². The summed E-state index contributed by atoms with van der Waals surface area (Å²) < 4.78 is 6.07. The highest BCUT2D eigenvalue weighted by molar-refractivity contribution is 5.26. The molecule has 16 heavy (non-hydrogen) atoms. The van der Waals surface area contributed by atoms with E-state index >= 15 is 0 Å². The van der Waals surface area contributed by atoms with Gasteiger partial charge in [-0.05, 0) is 18.1 Å². The third-order valence-electron chi connectivity index (χ3n) is 3.66. The van der Waals surface area contributed by atoms with Crippen molar-refractivity contribution in [3.05, 3.63) is 59.9 Å². The lowest BCUT2D eigenvalue weighted by Crippen LogP contribution is -2.11. The summed E-state index contributed by atoms with van der Waals surface area (Å²) >= 11 is 0. The van der Waals surface area contributed by atoms with Gasteiger partial charge in [-0.15, -0.1) is 0 Å². The second-order valence-electron chi connectivity index (χ2n) is 4.65. The highest BCUT2D eigenvalue weighted by atomic mass is 16.5. The zero-order valence-corrected chi connectivity index (χ0v) is 9.47. The van der Waals surface area contributed by atoms with Crippen LogP contribution in [0.1, 0.15) is 25.0 Å². The summed E-state index contributed by atoms with van der Waals surface area (Å²) in [6, 6.07) is 10.5. The molecule has 1 nitrogen and oxygen atoms in total. The Hall–Kier alpha value is -1.50. The Balaban J connectivity index is 1.90. The average Bonchev–Trinajstić information content (AvgIpc) is 2.69. The predicted molar refractivity (Wildman–Crippen MR) is 64.8 cm³/mol. The summed E-state index contributed by atoms with van der Waals surface area (Å²) in [4.78, 5) is 0. The third kappa shape index (κ3) is 1.47. The molecule has 1 fully saturated rings. The number of hydrogen-bond donors (Lipinski definition) is 0. The molecule has 1 aliphatic heterocycles. The molecule has 2 aliphatic rings. The molecule has 82 valence electrons. The number of rotatable bonds is 1. The minimum absolute atomic E-state index is 0.234. The Morgan fingerprint density at radius 1 is 1.19 bits per heavy atom. The van der Waals surface area contributed by atoms with Gasteiger partial charge in [0.25, 0.3) is 0 Å². The molecule has 0 spiro atoms. The van der Waals surface area contributed by atoms with Gasteiger partial charge in [-0.25, -0.2) is 0 Å². The van der Waals surface area contributed by atoms with Crippen LogP contribution >= 0.6 is 0 Å². The fourth-order valence-electron chi connectivity index (χ4n) is 2.71. The molecular formula is C15H16O. The summed E-state index contributed by atoms with van der Waals surface area (Å²) in [7, 11) is 0. The maximum atomic E-state index is 6.07. The van der Waals surface area contributed by atoms with E-state index in [9.17, 15) is 0 Å². The van der Waals surface area contributed by atoms with E-state index in [1.165, 1.54) is 11.3 Å². The molecule has 3 rings (SSSR count). The van der Waals surface area contributed by atoms with E-state index in [-0.39, 0.29) is 6.10 Å². The van der Waals surface area contributed by atoms with Gasteiger partial charge in [0.05, 0.1) is 0 Å². The molecule has 0 radical (unpaired) electrons. The summed E-state index contributed by atoms with van der Waals surface area (Å²) in [5.41, 5.74) is 1.30. The topological polar surface area (TPSA) is 9.23 Å². The Morgan fingerprint density at radius 3 is 2.75 bits per heavy atom. The number of ether oxygens (including phenoxy) is 1. The smallest absolute Gasteiger partial charge is 0.126 e. The van der Waals surface area contributed by atoms with Gasteiger partial charge in [0.15, 0.2) is 0 Å². The van der Waals surface area contributed by atoms with Crippen LogP contribution in [-0.2, 0) is 4.74 Å². The SMILES string of the molecule is CC1C2CC=CC=C2OC1c1ccccc1. The van der Waals surface area contributed by atoms with Gasteiger partial charge in [0.2, 0.25) is 0 Å². The molecule has 0 amide bonds. The number of fused-ring (bicyclic) bond motifs is 1. The molecule has 0 saturated carbocycles. The molecule has 3 atom stereocenters. The molecular weight excluding hydrogens is 196 g/mol. The van der Waals surface area contributed by atoms with Gasteiger partial charge in [0, 0.05) is 11.8 Å². The molecule has 0 N–H and O–H groups in total. The minimum Gasteiger partial charge on any atom is -0.489 e. The molecule has 1 aromatic rings.